The van der Waals surface area contributed by atoms with Gasteiger partial charge in [-0.05, 0) is 109 Å². The molecule has 0 aliphatic carbocycles. The van der Waals surface area contributed by atoms with E-state index >= 15 is 0 Å². The van der Waals surface area contributed by atoms with Gasteiger partial charge in [0.2, 0.25) is 0 Å². The number of para-hydroxylation sites is 4. The number of hydrogen-bond acceptors (Lipinski definition) is 1. The molecule has 8 aromatic carbocycles. The summed E-state index contributed by atoms with van der Waals surface area (Å²) in [6.45, 7) is 2.13. The predicted molar refractivity (Wildman–Crippen MR) is 220 cm³/mol. The highest BCUT2D eigenvalue weighted by molar-refractivity contribution is 6.12. The van der Waals surface area contributed by atoms with Crippen LogP contribution in [-0.2, 0) is 0 Å². The summed E-state index contributed by atoms with van der Waals surface area (Å²) in [6, 6.07) is 70.3. The van der Waals surface area contributed by atoms with Crippen LogP contribution in [0, 0.1) is 6.92 Å². The third kappa shape index (κ3) is 4.90. The molecule has 2 heterocycles. The van der Waals surface area contributed by atoms with Gasteiger partial charge in [0.05, 0.1) is 22.1 Å². The molecule has 0 fully saturated rings. The molecule has 0 aliphatic heterocycles. The monoisotopic (exact) mass is 665 g/mol. The molecule has 0 radical (unpaired) electrons. The van der Waals surface area contributed by atoms with E-state index in [0.717, 1.165) is 22.7 Å². The molecule has 10 rings (SSSR count). The van der Waals surface area contributed by atoms with Gasteiger partial charge in [-0.3, -0.25) is 0 Å². The second-order valence-electron chi connectivity index (χ2n) is 13.5. The zero-order valence-corrected chi connectivity index (χ0v) is 28.8. The standard InChI is InChI=1S/C49H35N3/c1-34-23-27-39(28-24-34)50(37-13-4-2-5-14-37)40-17-12-18-41(33-40)52-47-22-11-9-20-43(47)45-32-36(26-30-49(45)52)35-25-29-48-44(31-35)42-19-8-10-21-46(42)51(48)38-15-6-3-7-16-38/h2-33H,1H3. The fourth-order valence-corrected chi connectivity index (χ4v) is 7.93. The van der Waals surface area contributed by atoms with Gasteiger partial charge in [-0.25, -0.2) is 0 Å². The van der Waals surface area contributed by atoms with E-state index in [2.05, 4.69) is 215 Å². The first-order valence-corrected chi connectivity index (χ1v) is 17.9. The average Bonchev–Trinajstić information content (AvgIpc) is 3.72. The average molecular weight is 666 g/mol. The van der Waals surface area contributed by atoms with Crippen LogP contribution in [0.1, 0.15) is 5.56 Å². The lowest BCUT2D eigenvalue weighted by Crippen LogP contribution is -2.10. The minimum Gasteiger partial charge on any atom is -0.310 e. The van der Waals surface area contributed by atoms with E-state index < -0.39 is 0 Å². The minimum atomic E-state index is 1.11. The normalized spacial score (nSPS) is 11.6. The second-order valence-corrected chi connectivity index (χ2v) is 13.5. The predicted octanol–water partition coefficient (Wildman–Crippen LogP) is 13.3. The molecule has 0 saturated heterocycles. The maximum Gasteiger partial charge on any atom is 0.0541 e. The number of aromatic nitrogens is 2. The van der Waals surface area contributed by atoms with E-state index in [-0.39, 0.29) is 0 Å². The summed E-state index contributed by atoms with van der Waals surface area (Å²) < 4.78 is 4.78. The number of nitrogens with zero attached hydrogens (tertiary/aromatic N) is 3. The molecule has 2 aromatic heterocycles. The van der Waals surface area contributed by atoms with Crippen LogP contribution in [-0.4, -0.2) is 9.13 Å². The first kappa shape index (κ1) is 30.0. The molecule has 0 saturated carbocycles. The molecule has 0 amide bonds. The molecule has 3 nitrogen and oxygen atoms in total. The lowest BCUT2D eigenvalue weighted by molar-refractivity contribution is 1.17. The van der Waals surface area contributed by atoms with Crippen molar-refractivity contribution in [3.63, 3.8) is 0 Å². The van der Waals surface area contributed by atoms with Crippen molar-refractivity contribution >= 4 is 60.7 Å². The van der Waals surface area contributed by atoms with Crippen LogP contribution < -0.4 is 4.90 Å². The SMILES string of the molecule is Cc1ccc(N(c2ccccc2)c2cccc(-n3c4ccccc4c4cc(-c5ccc6c(c5)c5ccccc5n6-c5ccccc5)ccc43)c2)cc1. The molecule has 0 N–H and O–H groups in total. The third-order valence-electron chi connectivity index (χ3n) is 10.3. The van der Waals surface area contributed by atoms with Gasteiger partial charge < -0.3 is 14.0 Å². The summed E-state index contributed by atoms with van der Waals surface area (Å²) in [4.78, 5) is 2.33. The number of aryl methyl sites for hydroxylation is 1. The van der Waals surface area contributed by atoms with Gasteiger partial charge in [-0.15, -0.1) is 0 Å². The Bertz CT molecular complexity index is 2900. The van der Waals surface area contributed by atoms with Crippen LogP contribution in [0.4, 0.5) is 17.1 Å². The Hall–Kier alpha value is -6.84. The van der Waals surface area contributed by atoms with E-state index in [1.54, 1.807) is 0 Å². The highest BCUT2D eigenvalue weighted by Crippen LogP contribution is 2.40. The van der Waals surface area contributed by atoms with Crippen LogP contribution in [0.25, 0.3) is 66.1 Å². The van der Waals surface area contributed by atoms with Crippen LogP contribution in [0.3, 0.4) is 0 Å². The molecule has 10 aromatic rings. The van der Waals surface area contributed by atoms with Crippen LogP contribution in [0.5, 0.6) is 0 Å². The van der Waals surface area contributed by atoms with E-state index in [1.807, 2.05) is 0 Å². The molecular formula is C49H35N3. The molecule has 3 heteroatoms. The second kappa shape index (κ2) is 12.2. The Morgan fingerprint density at radius 2 is 0.788 bits per heavy atom. The van der Waals surface area contributed by atoms with E-state index in [1.165, 1.54) is 66.0 Å². The first-order valence-electron chi connectivity index (χ1n) is 17.9. The maximum atomic E-state index is 2.41. The lowest BCUT2D eigenvalue weighted by atomic mass is 10.0. The Balaban J connectivity index is 1.12. The molecule has 0 atom stereocenters. The van der Waals surface area contributed by atoms with Gasteiger partial charge in [-0.1, -0.05) is 109 Å². The quantitative estimate of drug-likeness (QED) is 0.172. The fourth-order valence-electron chi connectivity index (χ4n) is 7.93. The number of rotatable bonds is 6. The molecule has 0 unspecified atom stereocenters. The summed E-state index contributed by atoms with van der Waals surface area (Å²) in [5.41, 5.74) is 14.1. The summed E-state index contributed by atoms with van der Waals surface area (Å²) >= 11 is 0. The van der Waals surface area contributed by atoms with Gasteiger partial charge in [-0.2, -0.15) is 0 Å². The van der Waals surface area contributed by atoms with Gasteiger partial charge >= 0.3 is 0 Å². The molecule has 52 heavy (non-hydrogen) atoms. The molecular weight excluding hydrogens is 631 g/mol. The first-order chi connectivity index (χ1) is 25.7. The highest BCUT2D eigenvalue weighted by atomic mass is 15.1. The zero-order chi connectivity index (χ0) is 34.6. The minimum absolute atomic E-state index is 1.11. The number of anilines is 3. The van der Waals surface area contributed by atoms with Crippen molar-refractivity contribution in [2.75, 3.05) is 4.90 Å². The van der Waals surface area contributed by atoms with Crippen LogP contribution >= 0.6 is 0 Å². The van der Waals surface area contributed by atoms with Gasteiger partial charge in [0.15, 0.2) is 0 Å². The molecule has 0 spiro atoms. The lowest BCUT2D eigenvalue weighted by Gasteiger charge is -2.26. The van der Waals surface area contributed by atoms with Crippen molar-refractivity contribution in [1.82, 2.24) is 9.13 Å². The van der Waals surface area contributed by atoms with E-state index in [0.29, 0.717) is 0 Å². The summed E-state index contributed by atoms with van der Waals surface area (Å²) in [7, 11) is 0. The number of benzene rings is 8. The third-order valence-corrected chi connectivity index (χ3v) is 10.3. The van der Waals surface area contributed by atoms with Gasteiger partial charge in [0, 0.05) is 50.0 Å². The van der Waals surface area contributed by atoms with Crippen molar-refractivity contribution < 1.29 is 0 Å². The highest BCUT2D eigenvalue weighted by Gasteiger charge is 2.18. The van der Waals surface area contributed by atoms with Crippen LogP contribution in [0.15, 0.2) is 194 Å². The Kier molecular flexibility index (Phi) is 7.04. The summed E-state index contributed by atoms with van der Waals surface area (Å²) in [5, 5.41) is 5.00. The van der Waals surface area contributed by atoms with Crippen molar-refractivity contribution in [2.45, 2.75) is 6.92 Å². The van der Waals surface area contributed by atoms with E-state index in [4.69, 9.17) is 0 Å². The van der Waals surface area contributed by atoms with Crippen molar-refractivity contribution in [3.8, 4) is 22.5 Å². The largest absolute Gasteiger partial charge is 0.310 e. The number of fused-ring (bicyclic) bond motifs is 6. The molecule has 246 valence electrons. The smallest absolute Gasteiger partial charge is 0.0541 e. The summed E-state index contributed by atoms with van der Waals surface area (Å²) in [6.07, 6.45) is 0. The van der Waals surface area contributed by atoms with Crippen LogP contribution in [0.2, 0.25) is 0 Å². The Morgan fingerprint density at radius 1 is 0.327 bits per heavy atom. The van der Waals surface area contributed by atoms with Crippen molar-refractivity contribution in [3.05, 3.63) is 200 Å². The zero-order valence-electron chi connectivity index (χ0n) is 28.8. The summed E-state index contributed by atoms with van der Waals surface area (Å²) in [5.74, 6) is 0. The Labute approximate surface area is 302 Å². The topological polar surface area (TPSA) is 13.1 Å². The fraction of sp³-hybridized carbons (Fsp3) is 0.0204. The van der Waals surface area contributed by atoms with Gasteiger partial charge in [0.25, 0.3) is 0 Å². The molecule has 0 bridgehead atoms. The van der Waals surface area contributed by atoms with E-state index in [9.17, 15) is 0 Å². The Morgan fingerprint density at radius 3 is 1.40 bits per heavy atom. The van der Waals surface area contributed by atoms with Crippen molar-refractivity contribution in [2.24, 2.45) is 0 Å². The van der Waals surface area contributed by atoms with Gasteiger partial charge in [0.1, 0.15) is 0 Å². The van der Waals surface area contributed by atoms with Crippen molar-refractivity contribution in [1.29, 1.82) is 0 Å². The maximum absolute atomic E-state index is 2.41. The molecule has 0 aliphatic rings. The number of hydrogen-bond donors (Lipinski definition) is 0.